The molecule has 3 aromatic rings. The highest BCUT2D eigenvalue weighted by Gasteiger charge is 2.24. The van der Waals surface area contributed by atoms with Crippen molar-refractivity contribution in [1.82, 2.24) is 0 Å². The first kappa shape index (κ1) is 21.0. The lowest BCUT2D eigenvalue weighted by Crippen LogP contribution is -2.22. The highest BCUT2D eigenvalue weighted by Crippen LogP contribution is 2.49. The van der Waals surface area contributed by atoms with E-state index >= 15 is 0 Å². The van der Waals surface area contributed by atoms with Gasteiger partial charge in [0.1, 0.15) is 0 Å². The molecule has 0 atom stereocenters. The van der Waals surface area contributed by atoms with E-state index in [1.165, 1.54) is 11.1 Å². The summed E-state index contributed by atoms with van der Waals surface area (Å²) in [6.45, 7) is 4.70. The SMILES string of the molecule is Cc1ccc(Nc2ccc3c(c2)Sc2cc(C)ccc2N3CCCP(=O)(O)O)cc1. The van der Waals surface area contributed by atoms with Crippen molar-refractivity contribution in [3.05, 3.63) is 71.8 Å². The lowest BCUT2D eigenvalue weighted by Gasteiger charge is -2.33. The van der Waals surface area contributed by atoms with Gasteiger partial charge in [-0.25, -0.2) is 0 Å². The van der Waals surface area contributed by atoms with Crippen LogP contribution in [0.5, 0.6) is 0 Å². The molecule has 0 aliphatic carbocycles. The standard InChI is InChI=1S/C23H25N2O3PS/c1-16-4-7-18(8-5-16)24-19-9-11-21-23(15-19)30-22-14-17(2)6-10-20(22)25(21)12-3-13-29(26,27)28/h4-11,14-15,24H,3,12-13H2,1-2H3,(H2,26,27,28). The number of nitrogens with one attached hydrogen (secondary N) is 1. The second-order valence-electron chi connectivity index (χ2n) is 7.64. The predicted molar refractivity (Wildman–Crippen MR) is 125 cm³/mol. The summed E-state index contributed by atoms with van der Waals surface area (Å²) in [5.41, 5.74) is 6.61. The molecule has 4 rings (SSSR count). The van der Waals surface area contributed by atoms with Crippen LogP contribution in [-0.2, 0) is 4.57 Å². The third-order valence-corrected chi connectivity index (χ3v) is 7.04. The van der Waals surface area contributed by atoms with Crippen LogP contribution < -0.4 is 10.2 Å². The van der Waals surface area contributed by atoms with Crippen LogP contribution in [0.4, 0.5) is 22.7 Å². The molecule has 3 aromatic carbocycles. The van der Waals surface area contributed by atoms with Crippen molar-refractivity contribution in [2.24, 2.45) is 0 Å². The Morgan fingerprint density at radius 1 is 0.867 bits per heavy atom. The molecule has 30 heavy (non-hydrogen) atoms. The highest BCUT2D eigenvalue weighted by molar-refractivity contribution is 7.99. The maximum absolute atomic E-state index is 11.3. The number of rotatable bonds is 6. The van der Waals surface area contributed by atoms with Gasteiger partial charge < -0.3 is 20.0 Å². The number of fused-ring (bicyclic) bond motifs is 2. The first-order valence-electron chi connectivity index (χ1n) is 9.87. The van der Waals surface area contributed by atoms with Gasteiger partial charge in [0.05, 0.1) is 17.5 Å². The molecule has 5 nitrogen and oxygen atoms in total. The molecule has 0 saturated carbocycles. The molecule has 0 amide bonds. The van der Waals surface area contributed by atoms with Crippen molar-refractivity contribution in [2.45, 2.75) is 30.1 Å². The van der Waals surface area contributed by atoms with E-state index in [9.17, 15) is 14.4 Å². The Morgan fingerprint density at radius 3 is 2.17 bits per heavy atom. The zero-order valence-electron chi connectivity index (χ0n) is 17.0. The Bertz CT molecular complexity index is 1110. The van der Waals surface area contributed by atoms with Gasteiger partial charge in [0.2, 0.25) is 0 Å². The quantitative estimate of drug-likeness (QED) is 0.395. The number of hydrogen-bond acceptors (Lipinski definition) is 4. The summed E-state index contributed by atoms with van der Waals surface area (Å²) in [4.78, 5) is 23.0. The second kappa shape index (κ2) is 8.48. The largest absolute Gasteiger partial charge is 0.355 e. The summed E-state index contributed by atoms with van der Waals surface area (Å²) in [6, 6.07) is 20.9. The molecule has 0 radical (unpaired) electrons. The molecule has 1 aliphatic rings. The van der Waals surface area contributed by atoms with E-state index in [0.717, 1.165) is 32.5 Å². The van der Waals surface area contributed by atoms with E-state index in [2.05, 4.69) is 84.7 Å². The summed E-state index contributed by atoms with van der Waals surface area (Å²) in [7, 11) is -4.00. The van der Waals surface area contributed by atoms with Gasteiger partial charge in [0.15, 0.2) is 0 Å². The molecule has 3 N–H and O–H groups in total. The third-order valence-electron chi connectivity index (χ3n) is 5.05. The second-order valence-corrected chi connectivity index (χ2v) is 10.5. The fourth-order valence-corrected chi connectivity index (χ4v) is 5.34. The van der Waals surface area contributed by atoms with E-state index in [1.54, 1.807) is 11.8 Å². The smallest absolute Gasteiger partial charge is 0.325 e. The molecule has 0 saturated heterocycles. The van der Waals surface area contributed by atoms with Gasteiger partial charge in [-0.15, -0.1) is 0 Å². The molecule has 0 aromatic heterocycles. The number of benzene rings is 3. The Morgan fingerprint density at radius 2 is 1.47 bits per heavy atom. The van der Waals surface area contributed by atoms with Gasteiger partial charge in [0, 0.05) is 27.7 Å². The molecule has 0 spiro atoms. The molecule has 156 valence electrons. The highest BCUT2D eigenvalue weighted by atomic mass is 32.2. The summed E-state index contributed by atoms with van der Waals surface area (Å²) in [5, 5.41) is 3.46. The zero-order chi connectivity index (χ0) is 21.3. The fourth-order valence-electron chi connectivity index (χ4n) is 3.55. The minimum Gasteiger partial charge on any atom is -0.355 e. The minimum absolute atomic E-state index is 0.111. The van der Waals surface area contributed by atoms with Crippen molar-refractivity contribution < 1.29 is 14.4 Å². The van der Waals surface area contributed by atoms with Crippen molar-refractivity contribution in [3.8, 4) is 0 Å². The first-order valence-corrected chi connectivity index (χ1v) is 12.5. The summed E-state index contributed by atoms with van der Waals surface area (Å²) < 4.78 is 11.3. The molecular weight excluding hydrogens is 415 g/mol. The van der Waals surface area contributed by atoms with E-state index in [4.69, 9.17) is 0 Å². The lowest BCUT2D eigenvalue weighted by molar-refractivity contribution is 0.372. The summed E-state index contributed by atoms with van der Waals surface area (Å²) in [5.74, 6) is 0. The van der Waals surface area contributed by atoms with Gasteiger partial charge in [-0.2, -0.15) is 0 Å². The monoisotopic (exact) mass is 440 g/mol. The Balaban J connectivity index is 1.63. The topological polar surface area (TPSA) is 72.8 Å². The molecule has 0 fully saturated rings. The Kier molecular flexibility index (Phi) is 5.94. The van der Waals surface area contributed by atoms with Gasteiger partial charge in [0.25, 0.3) is 0 Å². The average Bonchev–Trinajstić information content (AvgIpc) is 2.68. The molecule has 0 bridgehead atoms. The van der Waals surface area contributed by atoms with Crippen molar-refractivity contribution >= 4 is 42.1 Å². The molecule has 1 heterocycles. The van der Waals surface area contributed by atoms with Gasteiger partial charge >= 0.3 is 7.60 Å². The van der Waals surface area contributed by atoms with Crippen LogP contribution in [0.1, 0.15) is 17.5 Å². The Labute approximate surface area is 181 Å². The fraction of sp³-hybridized carbons (Fsp3) is 0.217. The van der Waals surface area contributed by atoms with E-state index in [1.807, 2.05) is 0 Å². The number of nitrogens with zero attached hydrogens (tertiary/aromatic N) is 1. The molecular formula is C23H25N2O3PS. The lowest BCUT2D eigenvalue weighted by atomic mass is 10.1. The van der Waals surface area contributed by atoms with E-state index in [0.29, 0.717) is 13.0 Å². The van der Waals surface area contributed by atoms with Gasteiger partial charge in [-0.05, 0) is 68.3 Å². The van der Waals surface area contributed by atoms with Gasteiger partial charge in [-0.1, -0.05) is 35.5 Å². The average molecular weight is 441 g/mol. The van der Waals surface area contributed by atoms with Crippen LogP contribution in [0.3, 0.4) is 0 Å². The van der Waals surface area contributed by atoms with E-state index in [-0.39, 0.29) is 6.16 Å². The van der Waals surface area contributed by atoms with Crippen LogP contribution in [0.15, 0.2) is 70.5 Å². The third kappa shape index (κ3) is 4.90. The van der Waals surface area contributed by atoms with Crippen LogP contribution >= 0.6 is 19.4 Å². The maximum atomic E-state index is 11.3. The van der Waals surface area contributed by atoms with Crippen molar-refractivity contribution in [1.29, 1.82) is 0 Å². The van der Waals surface area contributed by atoms with Crippen LogP contribution in [0, 0.1) is 13.8 Å². The van der Waals surface area contributed by atoms with Gasteiger partial charge in [-0.3, -0.25) is 4.57 Å². The van der Waals surface area contributed by atoms with Crippen molar-refractivity contribution in [2.75, 3.05) is 22.9 Å². The minimum atomic E-state index is -4.00. The predicted octanol–water partition coefficient (Wildman–Crippen LogP) is 6.22. The number of aryl methyl sites for hydroxylation is 2. The number of hydrogen-bond donors (Lipinski definition) is 3. The summed E-state index contributed by atoms with van der Waals surface area (Å²) >= 11 is 1.73. The Hall–Kier alpha value is -2.24. The first-order chi connectivity index (χ1) is 14.3. The summed E-state index contributed by atoms with van der Waals surface area (Å²) in [6.07, 6.45) is 0.311. The molecule has 1 aliphatic heterocycles. The molecule has 0 unspecified atom stereocenters. The van der Waals surface area contributed by atoms with Crippen LogP contribution in [0.2, 0.25) is 0 Å². The van der Waals surface area contributed by atoms with Crippen LogP contribution in [0.25, 0.3) is 0 Å². The maximum Gasteiger partial charge on any atom is 0.325 e. The number of anilines is 4. The zero-order valence-corrected chi connectivity index (χ0v) is 18.7. The van der Waals surface area contributed by atoms with E-state index < -0.39 is 7.60 Å². The molecule has 7 heteroatoms. The normalized spacial score (nSPS) is 13.0. The van der Waals surface area contributed by atoms with Crippen molar-refractivity contribution in [3.63, 3.8) is 0 Å². The van der Waals surface area contributed by atoms with Crippen LogP contribution in [-0.4, -0.2) is 22.5 Å².